The van der Waals surface area contributed by atoms with Crippen LogP contribution in [0.4, 0.5) is 21.5 Å². The van der Waals surface area contributed by atoms with Gasteiger partial charge in [0, 0.05) is 31.3 Å². The quantitative estimate of drug-likeness (QED) is 0.719. The molecular formula is C19H18FN3O3. The zero-order chi connectivity index (χ0) is 19.1. The molecule has 0 heterocycles. The lowest BCUT2D eigenvalue weighted by atomic mass is 10.2. The Kier molecular flexibility index (Phi) is 6.21. The van der Waals surface area contributed by atoms with Gasteiger partial charge < -0.3 is 16.0 Å². The fourth-order valence-electron chi connectivity index (χ4n) is 2.13. The molecule has 0 fully saturated rings. The summed E-state index contributed by atoms with van der Waals surface area (Å²) < 4.78 is 13.6. The smallest absolute Gasteiger partial charge is 0.248 e. The van der Waals surface area contributed by atoms with E-state index >= 15 is 0 Å². The third-order valence-electron chi connectivity index (χ3n) is 3.20. The maximum atomic E-state index is 13.6. The van der Waals surface area contributed by atoms with E-state index in [1.165, 1.54) is 32.1 Å². The number of amides is 3. The van der Waals surface area contributed by atoms with Crippen LogP contribution in [0.1, 0.15) is 19.4 Å². The molecule has 26 heavy (non-hydrogen) atoms. The number of carbonyl (C=O) groups is 3. The average molecular weight is 355 g/mol. The minimum atomic E-state index is -0.590. The number of halogens is 1. The van der Waals surface area contributed by atoms with Gasteiger partial charge in [0.2, 0.25) is 17.7 Å². The predicted octanol–water partition coefficient (Wildman–Crippen LogP) is 3.39. The topological polar surface area (TPSA) is 87.3 Å². The fourth-order valence-corrected chi connectivity index (χ4v) is 2.13. The first-order valence-electron chi connectivity index (χ1n) is 7.77. The molecule has 0 saturated carbocycles. The first-order valence-corrected chi connectivity index (χ1v) is 7.77. The lowest BCUT2D eigenvalue weighted by molar-refractivity contribution is -0.115. The molecule has 2 aromatic carbocycles. The lowest BCUT2D eigenvalue weighted by Gasteiger charge is -2.07. The molecule has 0 aliphatic heterocycles. The molecule has 0 bridgehead atoms. The lowest BCUT2D eigenvalue weighted by Crippen LogP contribution is -2.10. The highest BCUT2D eigenvalue weighted by molar-refractivity contribution is 6.02. The highest BCUT2D eigenvalue weighted by Gasteiger charge is 2.06. The highest BCUT2D eigenvalue weighted by Crippen LogP contribution is 2.19. The van der Waals surface area contributed by atoms with Crippen molar-refractivity contribution in [1.29, 1.82) is 0 Å². The number of nitrogens with one attached hydrogen (secondary N) is 3. The van der Waals surface area contributed by atoms with Gasteiger partial charge >= 0.3 is 0 Å². The Morgan fingerprint density at radius 2 is 1.46 bits per heavy atom. The van der Waals surface area contributed by atoms with Crippen LogP contribution < -0.4 is 16.0 Å². The molecule has 7 heteroatoms. The summed E-state index contributed by atoms with van der Waals surface area (Å²) in [6.45, 7) is 2.69. The molecular weight excluding hydrogens is 337 g/mol. The van der Waals surface area contributed by atoms with Gasteiger partial charge in [-0.3, -0.25) is 14.4 Å². The molecule has 2 aromatic rings. The van der Waals surface area contributed by atoms with Gasteiger partial charge in [-0.25, -0.2) is 4.39 Å². The number of rotatable bonds is 5. The normalized spacial score (nSPS) is 10.4. The van der Waals surface area contributed by atoms with Gasteiger partial charge in [0.05, 0.1) is 5.69 Å². The van der Waals surface area contributed by atoms with E-state index in [2.05, 4.69) is 16.0 Å². The van der Waals surface area contributed by atoms with E-state index in [-0.39, 0.29) is 11.6 Å². The third kappa shape index (κ3) is 5.86. The van der Waals surface area contributed by atoms with Crippen molar-refractivity contribution >= 4 is 40.9 Å². The number of hydrogen-bond donors (Lipinski definition) is 3. The fraction of sp³-hybridized carbons (Fsp3) is 0.105. The Bertz CT molecular complexity index is 861. The van der Waals surface area contributed by atoms with Crippen LogP contribution in [-0.4, -0.2) is 17.7 Å². The van der Waals surface area contributed by atoms with Crippen LogP contribution in [0.3, 0.4) is 0 Å². The summed E-state index contributed by atoms with van der Waals surface area (Å²) in [6, 6.07) is 10.8. The van der Waals surface area contributed by atoms with Crippen molar-refractivity contribution in [1.82, 2.24) is 0 Å². The molecule has 2 rings (SSSR count). The Labute approximate surface area is 150 Å². The van der Waals surface area contributed by atoms with Gasteiger partial charge in [0.25, 0.3) is 0 Å². The molecule has 134 valence electrons. The number of carbonyl (C=O) groups excluding carboxylic acids is 3. The van der Waals surface area contributed by atoms with Gasteiger partial charge in [0.1, 0.15) is 5.82 Å². The van der Waals surface area contributed by atoms with Gasteiger partial charge in [0.15, 0.2) is 0 Å². The molecule has 0 aliphatic rings. The van der Waals surface area contributed by atoms with Crippen LogP contribution >= 0.6 is 0 Å². The van der Waals surface area contributed by atoms with Crippen LogP contribution in [0.5, 0.6) is 0 Å². The molecule has 0 radical (unpaired) electrons. The van der Waals surface area contributed by atoms with Crippen LogP contribution in [-0.2, 0) is 14.4 Å². The van der Waals surface area contributed by atoms with Crippen molar-refractivity contribution < 1.29 is 18.8 Å². The molecule has 6 nitrogen and oxygen atoms in total. The van der Waals surface area contributed by atoms with Crippen LogP contribution in [0.15, 0.2) is 48.5 Å². The first-order chi connectivity index (χ1) is 12.3. The van der Waals surface area contributed by atoms with Crippen molar-refractivity contribution in [2.24, 2.45) is 0 Å². The summed E-state index contributed by atoms with van der Waals surface area (Å²) >= 11 is 0. The first kappa shape index (κ1) is 18.9. The van der Waals surface area contributed by atoms with E-state index in [1.54, 1.807) is 30.3 Å². The monoisotopic (exact) mass is 355 g/mol. The molecule has 0 aromatic heterocycles. The van der Waals surface area contributed by atoms with Gasteiger partial charge in [-0.15, -0.1) is 0 Å². The Balaban J connectivity index is 2.00. The van der Waals surface area contributed by atoms with Crippen molar-refractivity contribution in [3.05, 3.63) is 59.9 Å². The van der Waals surface area contributed by atoms with E-state index in [1.807, 2.05) is 0 Å². The van der Waals surface area contributed by atoms with E-state index in [9.17, 15) is 18.8 Å². The molecule has 0 atom stereocenters. The average Bonchev–Trinajstić information content (AvgIpc) is 2.56. The van der Waals surface area contributed by atoms with Crippen molar-refractivity contribution in [2.45, 2.75) is 13.8 Å². The van der Waals surface area contributed by atoms with Crippen molar-refractivity contribution in [2.75, 3.05) is 16.0 Å². The summed E-state index contributed by atoms with van der Waals surface area (Å²) in [5.74, 6) is -1.56. The van der Waals surface area contributed by atoms with E-state index < -0.39 is 17.6 Å². The zero-order valence-corrected chi connectivity index (χ0v) is 14.3. The summed E-state index contributed by atoms with van der Waals surface area (Å²) in [4.78, 5) is 34.0. The Morgan fingerprint density at radius 3 is 2.08 bits per heavy atom. The summed E-state index contributed by atoms with van der Waals surface area (Å²) in [6.07, 6.45) is 2.93. The van der Waals surface area contributed by atoms with E-state index in [0.717, 1.165) is 11.6 Å². The number of benzene rings is 2. The second-order valence-corrected chi connectivity index (χ2v) is 5.50. The maximum absolute atomic E-state index is 13.6. The molecule has 0 spiro atoms. The van der Waals surface area contributed by atoms with Crippen molar-refractivity contribution in [3.63, 3.8) is 0 Å². The molecule has 0 aliphatic carbocycles. The SMILES string of the molecule is CC(=O)Nc1ccc(/C=C/C(=O)Nc2ccc(F)c(NC(C)=O)c2)cc1. The summed E-state index contributed by atoms with van der Waals surface area (Å²) in [5.41, 5.74) is 1.78. The zero-order valence-electron chi connectivity index (χ0n) is 14.3. The maximum Gasteiger partial charge on any atom is 0.248 e. The number of hydrogen-bond acceptors (Lipinski definition) is 3. The van der Waals surface area contributed by atoms with Crippen LogP contribution in [0.25, 0.3) is 6.08 Å². The second kappa shape index (κ2) is 8.57. The standard InChI is InChI=1S/C19H18FN3O3/c1-12(24)21-15-6-3-14(4-7-15)5-10-19(26)23-16-8-9-17(20)18(11-16)22-13(2)25/h3-11H,1-2H3,(H,21,24)(H,22,25)(H,23,26)/b10-5+. The summed E-state index contributed by atoms with van der Waals surface area (Å²) in [5, 5.41) is 7.59. The minimum Gasteiger partial charge on any atom is -0.326 e. The van der Waals surface area contributed by atoms with Crippen LogP contribution in [0.2, 0.25) is 0 Å². The van der Waals surface area contributed by atoms with Gasteiger partial charge in [-0.2, -0.15) is 0 Å². The molecule has 3 N–H and O–H groups in total. The van der Waals surface area contributed by atoms with E-state index in [4.69, 9.17) is 0 Å². The van der Waals surface area contributed by atoms with E-state index in [0.29, 0.717) is 11.4 Å². The van der Waals surface area contributed by atoms with Crippen molar-refractivity contribution in [3.8, 4) is 0 Å². The molecule has 0 unspecified atom stereocenters. The Hall–Kier alpha value is -3.48. The third-order valence-corrected chi connectivity index (χ3v) is 3.20. The Morgan fingerprint density at radius 1 is 0.846 bits per heavy atom. The number of anilines is 3. The molecule has 0 saturated heterocycles. The largest absolute Gasteiger partial charge is 0.326 e. The van der Waals surface area contributed by atoms with Crippen LogP contribution in [0, 0.1) is 5.82 Å². The molecule has 3 amide bonds. The van der Waals surface area contributed by atoms with Gasteiger partial charge in [-0.1, -0.05) is 12.1 Å². The van der Waals surface area contributed by atoms with Gasteiger partial charge in [-0.05, 0) is 42.0 Å². The second-order valence-electron chi connectivity index (χ2n) is 5.50. The minimum absolute atomic E-state index is 0.00663. The highest BCUT2D eigenvalue weighted by atomic mass is 19.1. The predicted molar refractivity (Wildman–Crippen MR) is 99.1 cm³/mol. The summed E-state index contributed by atoms with van der Waals surface area (Å²) in [7, 11) is 0.